The highest BCUT2D eigenvalue weighted by molar-refractivity contribution is 5.91. The van der Waals surface area contributed by atoms with Crippen molar-refractivity contribution in [1.29, 1.82) is 0 Å². The standard InChI is InChI=1S/C23H30N2O4/c1-27-20-10-8-18(9-11-20)15-24-12-14-28-21(16-24)17-25(19-5-2-3-6-19)23(26)22-7-4-13-29-22/h4,7-11,13,19,21H,2-3,5-6,12,14-17H2,1H3. The van der Waals surface area contributed by atoms with E-state index in [1.807, 2.05) is 17.0 Å². The fourth-order valence-electron chi connectivity index (χ4n) is 4.40. The van der Waals surface area contributed by atoms with Gasteiger partial charge in [0.1, 0.15) is 5.75 Å². The summed E-state index contributed by atoms with van der Waals surface area (Å²) >= 11 is 0. The van der Waals surface area contributed by atoms with Crippen molar-refractivity contribution in [1.82, 2.24) is 9.80 Å². The topological polar surface area (TPSA) is 55.2 Å². The molecule has 2 fully saturated rings. The molecule has 1 aliphatic carbocycles. The Labute approximate surface area is 172 Å². The maximum atomic E-state index is 13.1. The van der Waals surface area contributed by atoms with Crippen LogP contribution in [0, 0.1) is 0 Å². The van der Waals surface area contributed by atoms with Crippen LogP contribution in [-0.2, 0) is 11.3 Å². The van der Waals surface area contributed by atoms with Crippen LogP contribution < -0.4 is 4.74 Å². The lowest BCUT2D eigenvalue weighted by atomic mass is 10.1. The Hall–Kier alpha value is -2.31. The number of rotatable bonds is 7. The molecule has 1 aliphatic heterocycles. The van der Waals surface area contributed by atoms with Crippen molar-refractivity contribution in [2.24, 2.45) is 0 Å². The zero-order valence-corrected chi connectivity index (χ0v) is 17.1. The average molecular weight is 399 g/mol. The van der Waals surface area contributed by atoms with Crippen molar-refractivity contribution in [2.75, 3.05) is 33.4 Å². The Morgan fingerprint density at radius 1 is 1.21 bits per heavy atom. The van der Waals surface area contributed by atoms with Gasteiger partial charge >= 0.3 is 0 Å². The number of furan rings is 1. The minimum atomic E-state index is -0.0159. The van der Waals surface area contributed by atoms with Crippen LogP contribution in [0.15, 0.2) is 47.1 Å². The number of morpholine rings is 1. The van der Waals surface area contributed by atoms with Crippen LogP contribution in [0.1, 0.15) is 41.8 Å². The second-order valence-electron chi connectivity index (χ2n) is 7.95. The largest absolute Gasteiger partial charge is 0.497 e. The lowest BCUT2D eigenvalue weighted by molar-refractivity contribution is -0.0471. The van der Waals surface area contributed by atoms with Crippen molar-refractivity contribution in [3.05, 3.63) is 54.0 Å². The molecular formula is C23H30N2O4. The minimum absolute atomic E-state index is 0.0153. The second-order valence-corrected chi connectivity index (χ2v) is 7.95. The van der Waals surface area contributed by atoms with E-state index in [1.54, 1.807) is 25.5 Å². The Morgan fingerprint density at radius 2 is 2.00 bits per heavy atom. The van der Waals surface area contributed by atoms with E-state index in [2.05, 4.69) is 17.0 Å². The van der Waals surface area contributed by atoms with Gasteiger partial charge in [0, 0.05) is 32.2 Å². The number of nitrogens with zero attached hydrogens (tertiary/aromatic N) is 2. The first-order chi connectivity index (χ1) is 14.2. The predicted molar refractivity (Wildman–Crippen MR) is 110 cm³/mol. The monoisotopic (exact) mass is 398 g/mol. The van der Waals surface area contributed by atoms with Crippen LogP contribution >= 0.6 is 0 Å². The van der Waals surface area contributed by atoms with Gasteiger partial charge in [-0.3, -0.25) is 9.69 Å². The van der Waals surface area contributed by atoms with Crippen molar-refractivity contribution in [3.8, 4) is 5.75 Å². The zero-order chi connectivity index (χ0) is 20.1. The summed E-state index contributed by atoms with van der Waals surface area (Å²) in [5.74, 6) is 1.28. The molecule has 1 aromatic heterocycles. The van der Waals surface area contributed by atoms with E-state index in [1.165, 1.54) is 18.4 Å². The third-order valence-electron chi connectivity index (χ3n) is 5.95. The van der Waals surface area contributed by atoms with Crippen molar-refractivity contribution in [3.63, 3.8) is 0 Å². The number of benzene rings is 1. The van der Waals surface area contributed by atoms with Gasteiger partial charge in [0.05, 0.1) is 26.1 Å². The highest BCUT2D eigenvalue weighted by Crippen LogP contribution is 2.26. The van der Waals surface area contributed by atoms with E-state index < -0.39 is 0 Å². The number of carbonyl (C=O) groups is 1. The number of methoxy groups -OCH3 is 1. The van der Waals surface area contributed by atoms with Crippen LogP contribution in [-0.4, -0.2) is 61.2 Å². The van der Waals surface area contributed by atoms with Gasteiger partial charge in [-0.1, -0.05) is 25.0 Å². The Morgan fingerprint density at radius 3 is 2.69 bits per heavy atom. The fourth-order valence-corrected chi connectivity index (χ4v) is 4.40. The third kappa shape index (κ3) is 5.00. The molecule has 156 valence electrons. The molecule has 6 heteroatoms. The number of amides is 1. The lowest BCUT2D eigenvalue weighted by Gasteiger charge is -2.37. The summed E-state index contributed by atoms with van der Waals surface area (Å²) in [6, 6.07) is 12.0. The molecule has 1 saturated carbocycles. The van der Waals surface area contributed by atoms with Crippen molar-refractivity contribution in [2.45, 2.75) is 44.4 Å². The van der Waals surface area contributed by atoms with Gasteiger partial charge in [-0.15, -0.1) is 0 Å². The number of hydrogen-bond acceptors (Lipinski definition) is 5. The first-order valence-corrected chi connectivity index (χ1v) is 10.5. The Balaban J connectivity index is 1.39. The van der Waals surface area contributed by atoms with Gasteiger partial charge in [-0.05, 0) is 42.7 Å². The summed E-state index contributed by atoms with van der Waals surface area (Å²) in [5.41, 5.74) is 1.26. The van der Waals surface area contributed by atoms with Crippen LogP contribution in [0.4, 0.5) is 0 Å². The lowest BCUT2D eigenvalue weighted by Crippen LogP contribution is -2.50. The highest BCUT2D eigenvalue weighted by atomic mass is 16.5. The van der Waals surface area contributed by atoms with Gasteiger partial charge in [0.2, 0.25) is 0 Å². The van der Waals surface area contributed by atoms with E-state index in [4.69, 9.17) is 13.9 Å². The van der Waals surface area contributed by atoms with Gasteiger partial charge in [-0.2, -0.15) is 0 Å². The molecule has 4 rings (SSSR count). The molecule has 1 saturated heterocycles. The van der Waals surface area contributed by atoms with E-state index in [0.717, 1.165) is 38.2 Å². The molecule has 1 amide bonds. The molecule has 0 spiro atoms. The molecule has 29 heavy (non-hydrogen) atoms. The maximum absolute atomic E-state index is 13.1. The number of carbonyl (C=O) groups excluding carboxylic acids is 1. The fraction of sp³-hybridized carbons (Fsp3) is 0.522. The quantitative estimate of drug-likeness (QED) is 0.714. The summed E-state index contributed by atoms with van der Waals surface area (Å²) < 4.78 is 16.7. The smallest absolute Gasteiger partial charge is 0.289 e. The molecule has 1 atom stereocenters. The van der Waals surface area contributed by atoms with Gasteiger partial charge in [0.25, 0.3) is 5.91 Å². The second kappa shape index (κ2) is 9.46. The van der Waals surface area contributed by atoms with E-state index >= 15 is 0 Å². The number of hydrogen-bond donors (Lipinski definition) is 0. The van der Waals surface area contributed by atoms with Crippen molar-refractivity contribution < 1.29 is 18.7 Å². The summed E-state index contributed by atoms with van der Waals surface area (Å²) in [5, 5.41) is 0. The molecule has 1 unspecified atom stereocenters. The van der Waals surface area contributed by atoms with Crippen LogP contribution in [0.25, 0.3) is 0 Å². The minimum Gasteiger partial charge on any atom is -0.497 e. The molecule has 2 aliphatic rings. The van der Waals surface area contributed by atoms with Crippen molar-refractivity contribution >= 4 is 5.91 Å². The molecule has 6 nitrogen and oxygen atoms in total. The first-order valence-electron chi connectivity index (χ1n) is 10.5. The molecule has 0 N–H and O–H groups in total. The Bertz CT molecular complexity index is 769. The molecule has 0 radical (unpaired) electrons. The van der Waals surface area contributed by atoms with Crippen LogP contribution in [0.5, 0.6) is 5.75 Å². The molecular weight excluding hydrogens is 368 g/mol. The van der Waals surface area contributed by atoms with Crippen LogP contribution in [0.2, 0.25) is 0 Å². The summed E-state index contributed by atoms with van der Waals surface area (Å²) in [7, 11) is 1.68. The first kappa shape index (κ1) is 20.0. The van der Waals surface area contributed by atoms with E-state index in [0.29, 0.717) is 18.9 Å². The van der Waals surface area contributed by atoms with E-state index in [-0.39, 0.29) is 18.1 Å². The normalized spacial score (nSPS) is 20.7. The average Bonchev–Trinajstić information content (AvgIpc) is 3.47. The van der Waals surface area contributed by atoms with Gasteiger partial charge in [0.15, 0.2) is 5.76 Å². The SMILES string of the molecule is COc1ccc(CN2CCOC(CN(C(=O)c3ccco3)C3CCCC3)C2)cc1. The van der Waals surface area contributed by atoms with Gasteiger partial charge in [-0.25, -0.2) is 0 Å². The molecule has 2 heterocycles. The molecule has 0 bridgehead atoms. The summed E-state index contributed by atoms with van der Waals surface area (Å²) in [6.07, 6.45) is 6.07. The predicted octanol–water partition coefficient (Wildman–Crippen LogP) is 3.57. The highest BCUT2D eigenvalue weighted by Gasteiger charge is 2.32. The van der Waals surface area contributed by atoms with E-state index in [9.17, 15) is 4.79 Å². The van der Waals surface area contributed by atoms with Gasteiger partial charge < -0.3 is 18.8 Å². The molecule has 1 aromatic carbocycles. The maximum Gasteiger partial charge on any atom is 0.289 e. The Kier molecular flexibility index (Phi) is 6.52. The summed E-state index contributed by atoms with van der Waals surface area (Å²) in [6.45, 7) is 3.90. The zero-order valence-electron chi connectivity index (χ0n) is 17.1. The summed E-state index contributed by atoms with van der Waals surface area (Å²) in [4.78, 5) is 17.4. The third-order valence-corrected chi connectivity index (χ3v) is 5.95. The molecule has 2 aromatic rings. The van der Waals surface area contributed by atoms with Crippen LogP contribution in [0.3, 0.4) is 0 Å². The number of ether oxygens (including phenoxy) is 2.